The molecule has 2 aliphatic heterocycles. The molecule has 0 amide bonds. The molecule has 33 heavy (non-hydrogen) atoms. The standard InChI is InChI=1S/C22H38O11/c1-4-5-6-7-8-9-13(10-14(23)24)32-22-20(18(28)16(26)12(3)31-22)33-21-19(29)17(27)15(25)11(2)30-21/h10-12,15-22,25-29H,4-9H2,1-3H3,(H,23,24)/t11-,12-,15+,16-,17-,18+,19-,20+,21+,22+/m0/s1. The maximum atomic E-state index is 11.3. The zero-order chi connectivity index (χ0) is 24.7. The Morgan fingerprint density at radius 2 is 1.39 bits per heavy atom. The molecule has 0 saturated carbocycles. The summed E-state index contributed by atoms with van der Waals surface area (Å²) in [5.41, 5.74) is 0. The van der Waals surface area contributed by atoms with Crippen LogP contribution in [0.25, 0.3) is 0 Å². The average Bonchev–Trinajstić information content (AvgIpc) is 2.76. The first kappa shape index (κ1) is 27.9. The topological polar surface area (TPSA) is 175 Å². The molecule has 0 aromatic heterocycles. The Morgan fingerprint density at radius 3 is 2.00 bits per heavy atom. The number of ether oxygens (including phenoxy) is 4. The number of hydrogen-bond donors (Lipinski definition) is 6. The molecule has 6 N–H and O–H groups in total. The van der Waals surface area contributed by atoms with E-state index in [0.717, 1.165) is 31.8 Å². The molecular formula is C22H38O11. The highest BCUT2D eigenvalue weighted by molar-refractivity contribution is 5.80. The molecule has 0 radical (unpaired) electrons. The molecule has 192 valence electrons. The van der Waals surface area contributed by atoms with Gasteiger partial charge in [-0.15, -0.1) is 0 Å². The molecule has 2 fully saturated rings. The molecule has 10 atom stereocenters. The summed E-state index contributed by atoms with van der Waals surface area (Å²) in [6, 6.07) is 0. The number of unbranched alkanes of at least 4 members (excludes halogenated alkanes) is 4. The van der Waals surface area contributed by atoms with Gasteiger partial charge in [-0.2, -0.15) is 0 Å². The van der Waals surface area contributed by atoms with E-state index in [2.05, 4.69) is 6.92 Å². The van der Waals surface area contributed by atoms with Crippen molar-refractivity contribution < 1.29 is 54.4 Å². The van der Waals surface area contributed by atoms with Gasteiger partial charge in [0.2, 0.25) is 6.29 Å². The monoisotopic (exact) mass is 478 g/mol. The molecule has 0 unspecified atom stereocenters. The molecule has 2 saturated heterocycles. The quantitative estimate of drug-likeness (QED) is 0.134. The van der Waals surface area contributed by atoms with Gasteiger partial charge in [0, 0.05) is 6.42 Å². The van der Waals surface area contributed by atoms with Crippen LogP contribution in [0, 0.1) is 0 Å². The van der Waals surface area contributed by atoms with Gasteiger partial charge in [-0.1, -0.05) is 32.6 Å². The number of carboxylic acid groups (broad SMARTS) is 1. The zero-order valence-corrected chi connectivity index (χ0v) is 19.3. The Kier molecular flexibility index (Phi) is 11.0. The maximum absolute atomic E-state index is 11.3. The number of aliphatic hydroxyl groups is 5. The van der Waals surface area contributed by atoms with E-state index in [1.165, 1.54) is 13.8 Å². The van der Waals surface area contributed by atoms with Crippen LogP contribution >= 0.6 is 0 Å². The molecular weight excluding hydrogens is 440 g/mol. The molecule has 0 aliphatic carbocycles. The second-order valence-corrected chi connectivity index (χ2v) is 8.70. The van der Waals surface area contributed by atoms with Gasteiger partial charge in [0.15, 0.2) is 12.4 Å². The minimum absolute atomic E-state index is 0.113. The van der Waals surface area contributed by atoms with Crippen molar-refractivity contribution in [2.45, 2.75) is 121 Å². The molecule has 2 aliphatic rings. The van der Waals surface area contributed by atoms with Crippen molar-refractivity contribution in [1.82, 2.24) is 0 Å². The molecule has 0 aromatic carbocycles. The highest BCUT2D eigenvalue weighted by Gasteiger charge is 2.50. The average molecular weight is 479 g/mol. The lowest BCUT2D eigenvalue weighted by Gasteiger charge is -2.45. The van der Waals surface area contributed by atoms with Crippen LogP contribution in [0.5, 0.6) is 0 Å². The van der Waals surface area contributed by atoms with Gasteiger partial charge in [-0.05, 0) is 20.3 Å². The van der Waals surface area contributed by atoms with E-state index in [-0.39, 0.29) is 5.76 Å². The number of carbonyl (C=O) groups is 1. The highest BCUT2D eigenvalue weighted by Crippen LogP contribution is 2.31. The number of carboxylic acids is 1. The van der Waals surface area contributed by atoms with Gasteiger partial charge in [0.1, 0.15) is 36.3 Å². The largest absolute Gasteiger partial charge is 0.478 e. The van der Waals surface area contributed by atoms with E-state index in [4.69, 9.17) is 18.9 Å². The summed E-state index contributed by atoms with van der Waals surface area (Å²) in [5.74, 6) is -1.10. The van der Waals surface area contributed by atoms with Gasteiger partial charge < -0.3 is 49.6 Å². The molecule has 0 spiro atoms. The summed E-state index contributed by atoms with van der Waals surface area (Å²) in [5, 5.41) is 60.3. The van der Waals surface area contributed by atoms with Crippen LogP contribution < -0.4 is 0 Å². The molecule has 2 heterocycles. The van der Waals surface area contributed by atoms with Crippen molar-refractivity contribution in [3.8, 4) is 0 Å². The normalized spacial score (nSPS) is 39.9. The summed E-state index contributed by atoms with van der Waals surface area (Å²) in [6.07, 6.45) is -7.39. The summed E-state index contributed by atoms with van der Waals surface area (Å²) < 4.78 is 22.5. The van der Waals surface area contributed by atoms with Crippen molar-refractivity contribution >= 4 is 5.97 Å². The van der Waals surface area contributed by atoms with Gasteiger partial charge in [0.25, 0.3) is 0 Å². The summed E-state index contributed by atoms with van der Waals surface area (Å²) >= 11 is 0. The minimum Gasteiger partial charge on any atom is -0.478 e. The van der Waals surface area contributed by atoms with Crippen LogP contribution in [0.1, 0.15) is 59.3 Å². The Morgan fingerprint density at radius 1 is 0.818 bits per heavy atom. The Balaban J connectivity index is 2.15. The number of rotatable bonds is 11. The number of allylic oxidation sites excluding steroid dienone is 1. The van der Waals surface area contributed by atoms with Crippen molar-refractivity contribution in [3.63, 3.8) is 0 Å². The Labute approximate surface area is 193 Å². The fourth-order valence-electron chi connectivity index (χ4n) is 3.88. The van der Waals surface area contributed by atoms with Crippen LogP contribution in [-0.4, -0.2) is 98.0 Å². The fourth-order valence-corrected chi connectivity index (χ4v) is 3.88. The summed E-state index contributed by atoms with van der Waals surface area (Å²) in [6.45, 7) is 5.08. The molecule has 2 rings (SSSR count). The second kappa shape index (κ2) is 13.0. The lowest BCUT2D eigenvalue weighted by molar-refractivity contribution is -0.358. The van der Waals surface area contributed by atoms with Gasteiger partial charge in [-0.25, -0.2) is 4.79 Å². The lowest BCUT2D eigenvalue weighted by Crippen LogP contribution is -2.63. The highest BCUT2D eigenvalue weighted by atomic mass is 16.8. The smallest absolute Gasteiger partial charge is 0.331 e. The van der Waals surface area contributed by atoms with Crippen molar-refractivity contribution in [2.24, 2.45) is 0 Å². The van der Waals surface area contributed by atoms with E-state index in [9.17, 15) is 35.4 Å². The second-order valence-electron chi connectivity index (χ2n) is 8.70. The number of aliphatic carboxylic acids is 1. The Bertz CT molecular complexity index is 642. The van der Waals surface area contributed by atoms with Gasteiger partial charge in [0.05, 0.1) is 18.3 Å². The minimum atomic E-state index is -1.65. The number of aliphatic hydroxyl groups excluding tert-OH is 5. The zero-order valence-electron chi connectivity index (χ0n) is 19.3. The van der Waals surface area contributed by atoms with E-state index in [1.54, 1.807) is 0 Å². The maximum Gasteiger partial charge on any atom is 0.331 e. The van der Waals surface area contributed by atoms with Crippen molar-refractivity contribution in [2.75, 3.05) is 0 Å². The first-order valence-corrected chi connectivity index (χ1v) is 11.5. The van der Waals surface area contributed by atoms with Gasteiger partial charge >= 0.3 is 5.97 Å². The first-order valence-electron chi connectivity index (χ1n) is 11.5. The first-order chi connectivity index (χ1) is 15.6. The van der Waals surface area contributed by atoms with Crippen LogP contribution in [0.15, 0.2) is 11.8 Å². The molecule has 11 nitrogen and oxygen atoms in total. The molecule has 11 heteroatoms. The lowest BCUT2D eigenvalue weighted by atomic mass is 9.98. The SMILES string of the molecule is CCCCCCCC(=CC(=O)O)O[C@H]1O[C@@H](C)[C@H](O)[C@@H](O)[C@H]1O[C@H]1O[C@@H](C)[C@@H](O)[C@H](O)[C@@H]1O. The van der Waals surface area contributed by atoms with E-state index in [0.29, 0.717) is 12.8 Å². The van der Waals surface area contributed by atoms with Crippen LogP contribution in [0.3, 0.4) is 0 Å². The third-order valence-corrected chi connectivity index (χ3v) is 5.96. The van der Waals surface area contributed by atoms with Crippen LogP contribution in [0.2, 0.25) is 0 Å². The Hall–Kier alpha value is -1.31. The summed E-state index contributed by atoms with van der Waals surface area (Å²) in [7, 11) is 0. The fraction of sp³-hybridized carbons (Fsp3) is 0.864. The van der Waals surface area contributed by atoms with Crippen molar-refractivity contribution in [3.05, 3.63) is 11.8 Å². The number of hydrogen-bond acceptors (Lipinski definition) is 10. The third-order valence-electron chi connectivity index (χ3n) is 5.96. The van der Waals surface area contributed by atoms with E-state index in [1.807, 2.05) is 0 Å². The molecule has 0 aromatic rings. The third kappa shape index (κ3) is 7.59. The van der Waals surface area contributed by atoms with Crippen LogP contribution in [-0.2, 0) is 23.7 Å². The molecule has 0 bridgehead atoms. The van der Waals surface area contributed by atoms with E-state index < -0.39 is 67.4 Å². The predicted octanol–water partition coefficient (Wildman–Crippen LogP) is 0.0113. The van der Waals surface area contributed by atoms with Crippen LogP contribution in [0.4, 0.5) is 0 Å². The van der Waals surface area contributed by atoms with Crippen molar-refractivity contribution in [1.29, 1.82) is 0 Å². The van der Waals surface area contributed by atoms with E-state index >= 15 is 0 Å². The predicted molar refractivity (Wildman–Crippen MR) is 114 cm³/mol. The van der Waals surface area contributed by atoms with Gasteiger partial charge in [-0.3, -0.25) is 0 Å². The summed E-state index contributed by atoms with van der Waals surface area (Å²) in [4.78, 5) is 11.3.